The maximum absolute atomic E-state index is 3.65. The van der Waals surface area contributed by atoms with Crippen LogP contribution in [0.1, 0.15) is 45.2 Å². The third-order valence-electron chi connectivity index (χ3n) is 4.21. The number of hydrogen-bond acceptors (Lipinski definition) is 1. The van der Waals surface area contributed by atoms with Crippen LogP contribution in [-0.2, 0) is 13.1 Å². The van der Waals surface area contributed by atoms with Gasteiger partial charge in [0.1, 0.15) is 0 Å². The van der Waals surface area contributed by atoms with E-state index in [4.69, 9.17) is 0 Å². The molecular weight excluding hydrogens is 244 g/mol. The van der Waals surface area contributed by atoms with Gasteiger partial charge in [-0.25, -0.2) is 0 Å². The predicted molar refractivity (Wildman–Crippen MR) is 85.9 cm³/mol. The quantitative estimate of drug-likeness (QED) is 0.792. The second kappa shape index (κ2) is 6.01. The highest BCUT2D eigenvalue weighted by Crippen LogP contribution is 2.23. The van der Waals surface area contributed by atoms with Gasteiger partial charge in [0.2, 0.25) is 0 Å². The van der Waals surface area contributed by atoms with E-state index in [0.717, 1.165) is 25.0 Å². The maximum atomic E-state index is 3.65. The normalized spacial score (nSPS) is 15.3. The van der Waals surface area contributed by atoms with Crippen molar-refractivity contribution in [3.8, 4) is 0 Å². The zero-order chi connectivity index (χ0) is 13.9. The molecule has 2 aromatic rings. The van der Waals surface area contributed by atoms with E-state index < -0.39 is 0 Å². The third-order valence-corrected chi connectivity index (χ3v) is 4.21. The van der Waals surface area contributed by atoms with Gasteiger partial charge in [-0.3, -0.25) is 0 Å². The molecule has 1 aliphatic rings. The number of aryl methyl sites for hydroxylation is 1. The molecule has 1 saturated carbocycles. The van der Waals surface area contributed by atoms with Crippen LogP contribution < -0.4 is 5.32 Å². The summed E-state index contributed by atoms with van der Waals surface area (Å²) >= 11 is 0. The number of fused-ring (bicyclic) bond motifs is 1. The highest BCUT2D eigenvalue weighted by atomic mass is 15.0. The topological polar surface area (TPSA) is 17.0 Å². The molecule has 1 aromatic heterocycles. The summed E-state index contributed by atoms with van der Waals surface area (Å²) in [4.78, 5) is 0. The number of nitrogens with zero attached hydrogens (tertiary/aromatic N) is 1. The molecule has 0 bridgehead atoms. The molecule has 2 nitrogen and oxygen atoms in total. The largest absolute Gasteiger partial charge is 0.343 e. The predicted octanol–water partition coefficient (Wildman–Crippen LogP) is 4.33. The van der Waals surface area contributed by atoms with Crippen molar-refractivity contribution >= 4 is 10.9 Å². The van der Waals surface area contributed by atoms with Gasteiger partial charge < -0.3 is 9.88 Å². The number of hydrogen-bond donors (Lipinski definition) is 1. The second-order valence-corrected chi connectivity index (χ2v) is 6.54. The van der Waals surface area contributed by atoms with Gasteiger partial charge in [-0.05, 0) is 49.1 Å². The number of aromatic nitrogens is 1. The zero-order valence-corrected chi connectivity index (χ0v) is 12.7. The van der Waals surface area contributed by atoms with E-state index in [1.807, 2.05) is 0 Å². The van der Waals surface area contributed by atoms with Gasteiger partial charge in [0.25, 0.3) is 0 Å². The highest BCUT2D eigenvalue weighted by Gasteiger charge is 2.20. The number of rotatable bonds is 7. The van der Waals surface area contributed by atoms with Crippen molar-refractivity contribution < 1.29 is 0 Å². The number of para-hydroxylation sites is 1. The maximum Gasteiger partial charge on any atom is 0.0482 e. The van der Waals surface area contributed by atoms with E-state index in [0.29, 0.717) is 0 Å². The Bertz CT molecular complexity index is 564. The molecule has 1 aromatic carbocycles. The molecule has 108 valence electrons. The molecule has 1 N–H and O–H groups in total. The molecule has 0 unspecified atom stereocenters. The minimum atomic E-state index is 0.775. The van der Waals surface area contributed by atoms with Gasteiger partial charge in [0, 0.05) is 30.3 Å². The van der Waals surface area contributed by atoms with Gasteiger partial charge in [-0.15, -0.1) is 0 Å². The van der Waals surface area contributed by atoms with Gasteiger partial charge in [-0.2, -0.15) is 0 Å². The van der Waals surface area contributed by atoms with E-state index in [2.05, 4.69) is 54.1 Å². The lowest BCUT2D eigenvalue weighted by atomic mass is 10.1. The summed E-state index contributed by atoms with van der Waals surface area (Å²) in [5.41, 5.74) is 2.84. The zero-order valence-electron chi connectivity index (χ0n) is 12.7. The first-order chi connectivity index (χ1) is 9.74. The highest BCUT2D eigenvalue weighted by molar-refractivity contribution is 5.81. The standard InChI is InChI=1S/C18H26N2/c1-14(2)6-5-11-20-17(13-19-16-9-10-16)12-15-7-3-4-8-18(15)20/h3-4,7-8,12,14,16,19H,5-6,9-11,13H2,1-2H3. The Morgan fingerprint density at radius 3 is 2.80 bits per heavy atom. The summed E-state index contributed by atoms with van der Waals surface area (Å²) in [5.74, 6) is 0.796. The first-order valence-electron chi connectivity index (χ1n) is 8.04. The van der Waals surface area contributed by atoms with Crippen molar-refractivity contribution in [2.45, 2.75) is 58.7 Å². The average Bonchev–Trinajstić information content (AvgIpc) is 3.19. The summed E-state index contributed by atoms with van der Waals surface area (Å²) < 4.78 is 2.52. The summed E-state index contributed by atoms with van der Waals surface area (Å²) in [6.45, 7) is 6.78. The van der Waals surface area contributed by atoms with Crippen LogP contribution in [0.4, 0.5) is 0 Å². The minimum Gasteiger partial charge on any atom is -0.343 e. The van der Waals surface area contributed by atoms with Gasteiger partial charge in [0.05, 0.1) is 0 Å². The second-order valence-electron chi connectivity index (χ2n) is 6.54. The van der Waals surface area contributed by atoms with Gasteiger partial charge >= 0.3 is 0 Å². The van der Waals surface area contributed by atoms with E-state index in [9.17, 15) is 0 Å². The molecule has 0 atom stereocenters. The first kappa shape index (κ1) is 13.7. The molecule has 0 saturated heterocycles. The molecule has 0 radical (unpaired) electrons. The van der Waals surface area contributed by atoms with Crippen molar-refractivity contribution in [2.24, 2.45) is 5.92 Å². The van der Waals surface area contributed by atoms with E-state index in [-0.39, 0.29) is 0 Å². The lowest BCUT2D eigenvalue weighted by Crippen LogP contribution is -2.18. The van der Waals surface area contributed by atoms with Crippen molar-refractivity contribution in [1.29, 1.82) is 0 Å². The van der Waals surface area contributed by atoms with Crippen LogP contribution in [0.5, 0.6) is 0 Å². The SMILES string of the molecule is CC(C)CCCn1c(CNC2CC2)cc2ccccc21. The molecule has 2 heteroatoms. The van der Waals surface area contributed by atoms with Crippen molar-refractivity contribution in [3.63, 3.8) is 0 Å². The lowest BCUT2D eigenvalue weighted by molar-refractivity contribution is 0.506. The molecule has 0 amide bonds. The van der Waals surface area contributed by atoms with Crippen LogP contribution in [0.25, 0.3) is 10.9 Å². The van der Waals surface area contributed by atoms with Crippen LogP contribution in [0.2, 0.25) is 0 Å². The van der Waals surface area contributed by atoms with E-state index in [1.54, 1.807) is 0 Å². The Kier molecular flexibility index (Phi) is 4.11. The Morgan fingerprint density at radius 2 is 2.05 bits per heavy atom. The van der Waals surface area contributed by atoms with Crippen molar-refractivity contribution in [2.75, 3.05) is 0 Å². The molecule has 3 rings (SSSR count). The average molecular weight is 270 g/mol. The molecule has 1 heterocycles. The molecule has 1 fully saturated rings. The number of benzene rings is 1. The van der Waals surface area contributed by atoms with Crippen LogP contribution in [0.3, 0.4) is 0 Å². The summed E-state index contributed by atoms with van der Waals surface area (Å²) in [6.07, 6.45) is 5.29. The van der Waals surface area contributed by atoms with Crippen LogP contribution in [-0.4, -0.2) is 10.6 Å². The van der Waals surface area contributed by atoms with Gasteiger partial charge in [-0.1, -0.05) is 32.0 Å². The fourth-order valence-corrected chi connectivity index (χ4v) is 2.87. The van der Waals surface area contributed by atoms with Gasteiger partial charge in [0.15, 0.2) is 0 Å². The molecule has 0 aliphatic heterocycles. The Hall–Kier alpha value is -1.28. The molecule has 0 spiro atoms. The fraction of sp³-hybridized carbons (Fsp3) is 0.556. The third kappa shape index (κ3) is 3.24. The fourth-order valence-electron chi connectivity index (χ4n) is 2.87. The lowest BCUT2D eigenvalue weighted by Gasteiger charge is -2.12. The van der Waals surface area contributed by atoms with Crippen molar-refractivity contribution in [3.05, 3.63) is 36.0 Å². The van der Waals surface area contributed by atoms with Crippen LogP contribution in [0.15, 0.2) is 30.3 Å². The Balaban J connectivity index is 1.78. The summed E-state index contributed by atoms with van der Waals surface area (Å²) in [7, 11) is 0. The number of nitrogens with one attached hydrogen (secondary N) is 1. The first-order valence-corrected chi connectivity index (χ1v) is 8.04. The summed E-state index contributed by atoms with van der Waals surface area (Å²) in [5, 5.41) is 5.03. The van der Waals surface area contributed by atoms with E-state index in [1.165, 1.54) is 42.3 Å². The molecule has 20 heavy (non-hydrogen) atoms. The Morgan fingerprint density at radius 1 is 1.25 bits per heavy atom. The van der Waals surface area contributed by atoms with E-state index >= 15 is 0 Å². The monoisotopic (exact) mass is 270 g/mol. The molecule has 1 aliphatic carbocycles. The minimum absolute atomic E-state index is 0.775. The Labute approximate surface area is 122 Å². The smallest absolute Gasteiger partial charge is 0.0482 e. The summed E-state index contributed by atoms with van der Waals surface area (Å²) in [6, 6.07) is 11.9. The van der Waals surface area contributed by atoms with Crippen LogP contribution >= 0.6 is 0 Å². The van der Waals surface area contributed by atoms with Crippen molar-refractivity contribution in [1.82, 2.24) is 9.88 Å². The molecular formula is C18H26N2. The van der Waals surface area contributed by atoms with Crippen LogP contribution in [0, 0.1) is 5.92 Å².